The Hall–Kier alpha value is -1.83. The topological polar surface area (TPSA) is 17.3 Å². The molecule has 0 spiro atoms. The molecule has 2 heteroatoms. The summed E-state index contributed by atoms with van der Waals surface area (Å²) in [7, 11) is 0. The van der Waals surface area contributed by atoms with Gasteiger partial charge in [0.25, 0.3) is 0 Å². The Balaban J connectivity index is 0.000000917. The highest BCUT2D eigenvalue weighted by molar-refractivity contribution is 5.68. The molecule has 0 aromatic carbocycles. The first-order valence-electron chi connectivity index (χ1n) is 5.89. The van der Waals surface area contributed by atoms with E-state index in [1.54, 1.807) is 0 Å². The van der Waals surface area contributed by atoms with Crippen LogP contribution >= 0.6 is 0 Å². The van der Waals surface area contributed by atoms with Crippen LogP contribution in [0.5, 0.6) is 0 Å². The van der Waals surface area contributed by atoms with Crippen LogP contribution in [-0.4, -0.2) is 9.38 Å². The van der Waals surface area contributed by atoms with E-state index in [0.717, 1.165) is 28.2 Å². The fourth-order valence-corrected chi connectivity index (χ4v) is 1.57. The van der Waals surface area contributed by atoms with Crippen LogP contribution in [0.4, 0.5) is 0 Å². The summed E-state index contributed by atoms with van der Waals surface area (Å²) >= 11 is 0. The molecule has 0 amide bonds. The van der Waals surface area contributed by atoms with E-state index in [1.807, 2.05) is 56.5 Å². The number of fused-ring (bicyclic) bond motifs is 1. The summed E-state index contributed by atoms with van der Waals surface area (Å²) in [5.74, 6) is 0. The molecule has 2 heterocycles. The molecule has 0 radical (unpaired) electrons. The van der Waals surface area contributed by atoms with Gasteiger partial charge in [0.2, 0.25) is 0 Å². The average molecular weight is 230 g/mol. The van der Waals surface area contributed by atoms with Gasteiger partial charge in [-0.25, -0.2) is 4.98 Å². The van der Waals surface area contributed by atoms with Crippen LogP contribution in [0.25, 0.3) is 16.8 Å². The lowest BCUT2D eigenvalue weighted by atomic mass is 10.1. The molecule has 0 saturated carbocycles. The molecule has 0 bridgehead atoms. The predicted octanol–water partition coefficient (Wildman–Crippen LogP) is 4.67. The van der Waals surface area contributed by atoms with Gasteiger partial charge in [-0.15, -0.1) is 0 Å². The van der Waals surface area contributed by atoms with Gasteiger partial charge >= 0.3 is 0 Å². The van der Waals surface area contributed by atoms with Crippen molar-refractivity contribution in [3.05, 3.63) is 48.9 Å². The third kappa shape index (κ3) is 2.64. The first kappa shape index (κ1) is 13.2. The van der Waals surface area contributed by atoms with Crippen LogP contribution in [-0.2, 0) is 0 Å². The number of hydrogen-bond donors (Lipinski definition) is 0. The van der Waals surface area contributed by atoms with Gasteiger partial charge in [0.1, 0.15) is 5.65 Å². The van der Waals surface area contributed by atoms with Gasteiger partial charge in [-0.1, -0.05) is 27.0 Å². The van der Waals surface area contributed by atoms with E-state index in [4.69, 9.17) is 0 Å². The Kier molecular flexibility index (Phi) is 4.27. The first-order valence-corrected chi connectivity index (χ1v) is 5.89. The normalized spacial score (nSPS) is 9.65. The fraction of sp³-hybridized carbons (Fsp3) is 0.267. The van der Waals surface area contributed by atoms with E-state index in [2.05, 4.69) is 18.1 Å². The standard InChI is InChI=1S/C13H14N2.C2H6.H2/c1-9(2)11-8-12(10(3)4)15-7-5-6-13(15)14-11;1-2;/h5-8H,1,3H2,2,4H3;1-2H3;1H. The Labute approximate surface area is 105 Å². The summed E-state index contributed by atoms with van der Waals surface area (Å²) in [6, 6.07) is 5.99. The minimum Gasteiger partial charge on any atom is -0.302 e. The average Bonchev–Trinajstić information content (AvgIpc) is 2.77. The molecule has 0 N–H and O–H groups in total. The van der Waals surface area contributed by atoms with Crippen LogP contribution in [0.1, 0.15) is 40.5 Å². The van der Waals surface area contributed by atoms with Crippen molar-refractivity contribution < 1.29 is 1.43 Å². The van der Waals surface area contributed by atoms with Crippen molar-refractivity contribution in [3.8, 4) is 0 Å². The molecule has 2 aromatic rings. The second-order valence-electron chi connectivity index (χ2n) is 3.82. The van der Waals surface area contributed by atoms with E-state index in [9.17, 15) is 0 Å². The van der Waals surface area contributed by atoms with Crippen molar-refractivity contribution in [1.82, 2.24) is 9.38 Å². The van der Waals surface area contributed by atoms with Crippen LogP contribution in [0, 0.1) is 0 Å². The van der Waals surface area contributed by atoms with E-state index in [1.165, 1.54) is 0 Å². The zero-order valence-electron chi connectivity index (χ0n) is 11.1. The second-order valence-corrected chi connectivity index (χ2v) is 3.82. The van der Waals surface area contributed by atoms with Crippen LogP contribution in [0.15, 0.2) is 37.6 Å². The highest BCUT2D eigenvalue weighted by atomic mass is 15.0. The molecule has 2 nitrogen and oxygen atoms in total. The van der Waals surface area contributed by atoms with Crippen LogP contribution in [0.2, 0.25) is 0 Å². The molecule has 0 aliphatic carbocycles. The molecule has 0 saturated heterocycles. The Bertz CT molecular complexity index is 553. The van der Waals surface area contributed by atoms with Gasteiger partial charge in [0.15, 0.2) is 0 Å². The molecule has 0 fully saturated rings. The minimum absolute atomic E-state index is 0. The van der Waals surface area contributed by atoms with Gasteiger partial charge in [0, 0.05) is 7.62 Å². The molecule has 17 heavy (non-hydrogen) atoms. The largest absolute Gasteiger partial charge is 0.302 e. The lowest BCUT2D eigenvalue weighted by Crippen LogP contribution is -1.98. The lowest BCUT2D eigenvalue weighted by Gasteiger charge is -2.08. The summed E-state index contributed by atoms with van der Waals surface area (Å²) in [6.45, 7) is 15.9. The number of aromatic nitrogens is 2. The summed E-state index contributed by atoms with van der Waals surface area (Å²) in [5, 5.41) is 0. The van der Waals surface area contributed by atoms with Gasteiger partial charge in [-0.3, -0.25) is 0 Å². The van der Waals surface area contributed by atoms with Crippen LogP contribution < -0.4 is 0 Å². The fourth-order valence-electron chi connectivity index (χ4n) is 1.57. The summed E-state index contributed by atoms with van der Waals surface area (Å²) in [4.78, 5) is 4.50. The summed E-state index contributed by atoms with van der Waals surface area (Å²) < 4.78 is 2.04. The molecule has 0 aliphatic heterocycles. The Morgan fingerprint density at radius 1 is 1.24 bits per heavy atom. The number of allylic oxidation sites excluding steroid dienone is 2. The van der Waals surface area contributed by atoms with Crippen molar-refractivity contribution in [3.63, 3.8) is 0 Å². The smallest absolute Gasteiger partial charge is 0.137 e. The third-order valence-electron chi connectivity index (χ3n) is 2.37. The highest BCUT2D eigenvalue weighted by Crippen LogP contribution is 2.19. The van der Waals surface area contributed by atoms with Crippen molar-refractivity contribution in [2.24, 2.45) is 0 Å². The van der Waals surface area contributed by atoms with Gasteiger partial charge in [-0.2, -0.15) is 0 Å². The van der Waals surface area contributed by atoms with Crippen molar-refractivity contribution in [1.29, 1.82) is 0 Å². The van der Waals surface area contributed by atoms with E-state index in [0.29, 0.717) is 0 Å². The summed E-state index contributed by atoms with van der Waals surface area (Å²) in [5.41, 5.74) is 4.96. The summed E-state index contributed by atoms with van der Waals surface area (Å²) in [6.07, 6.45) is 1.99. The monoisotopic (exact) mass is 230 g/mol. The lowest BCUT2D eigenvalue weighted by molar-refractivity contribution is 1.09. The SMILES string of the molecule is C=C(C)c1cc(C(=C)C)n2cccc2n1.CC.[HH]. The van der Waals surface area contributed by atoms with Gasteiger partial charge in [0.05, 0.1) is 11.4 Å². The molecule has 2 rings (SSSR count). The van der Waals surface area contributed by atoms with Gasteiger partial charge in [-0.05, 0) is 43.2 Å². The highest BCUT2D eigenvalue weighted by Gasteiger charge is 2.05. The molecular formula is C15H22N2. The van der Waals surface area contributed by atoms with Crippen molar-refractivity contribution in [2.75, 3.05) is 0 Å². The molecule has 92 valence electrons. The molecular weight excluding hydrogens is 208 g/mol. The second kappa shape index (κ2) is 5.48. The third-order valence-corrected chi connectivity index (χ3v) is 2.37. The quantitative estimate of drug-likeness (QED) is 0.732. The van der Waals surface area contributed by atoms with E-state index in [-0.39, 0.29) is 1.43 Å². The Morgan fingerprint density at radius 3 is 2.41 bits per heavy atom. The number of nitrogens with zero attached hydrogens (tertiary/aromatic N) is 2. The molecule has 2 aromatic heterocycles. The molecule has 0 aliphatic rings. The maximum absolute atomic E-state index is 4.50. The number of hydrogen-bond acceptors (Lipinski definition) is 1. The predicted molar refractivity (Wildman–Crippen MR) is 78.1 cm³/mol. The molecule has 0 unspecified atom stereocenters. The van der Waals surface area contributed by atoms with Gasteiger partial charge < -0.3 is 4.40 Å². The first-order chi connectivity index (χ1) is 8.09. The number of rotatable bonds is 2. The maximum Gasteiger partial charge on any atom is 0.137 e. The zero-order chi connectivity index (χ0) is 13.0. The van der Waals surface area contributed by atoms with Crippen LogP contribution in [0.3, 0.4) is 0 Å². The van der Waals surface area contributed by atoms with Crippen molar-refractivity contribution in [2.45, 2.75) is 27.7 Å². The molecule has 0 atom stereocenters. The van der Waals surface area contributed by atoms with E-state index >= 15 is 0 Å². The zero-order valence-corrected chi connectivity index (χ0v) is 11.1. The Morgan fingerprint density at radius 2 is 1.88 bits per heavy atom. The van der Waals surface area contributed by atoms with Crippen molar-refractivity contribution >= 4 is 16.8 Å². The minimum atomic E-state index is 0. The van der Waals surface area contributed by atoms with E-state index < -0.39 is 0 Å². The maximum atomic E-state index is 4.50.